The van der Waals surface area contributed by atoms with Crippen LogP contribution in [0.5, 0.6) is 0 Å². The lowest BCUT2D eigenvalue weighted by Crippen LogP contribution is -1.76. The van der Waals surface area contributed by atoms with Crippen LogP contribution in [0.1, 0.15) is 17.7 Å². The molecule has 0 fully saturated rings. The summed E-state index contributed by atoms with van der Waals surface area (Å²) in [5.41, 5.74) is 1.87. The number of hydrogen-bond acceptors (Lipinski definition) is 3. The molecule has 2 heterocycles. The fourth-order valence-corrected chi connectivity index (χ4v) is 1.80. The first-order valence-corrected chi connectivity index (χ1v) is 4.29. The minimum atomic E-state index is 0.947. The van der Waals surface area contributed by atoms with Crippen molar-refractivity contribution in [1.82, 2.24) is 4.98 Å². The summed E-state index contributed by atoms with van der Waals surface area (Å²) >= 11 is 1.71. The lowest BCUT2D eigenvalue weighted by molar-refractivity contribution is 0.897. The maximum absolute atomic E-state index is 4.22. The monoisotopic (exact) mass is 152 g/mol. The van der Waals surface area contributed by atoms with Crippen molar-refractivity contribution in [2.24, 2.45) is 4.99 Å². The number of aromatic nitrogens is 1. The summed E-state index contributed by atoms with van der Waals surface area (Å²) in [5, 5.41) is 0. The molecule has 1 aliphatic heterocycles. The Labute approximate surface area is 63.6 Å². The van der Waals surface area contributed by atoms with E-state index in [-0.39, 0.29) is 0 Å². The number of hydrogen-bond donors (Lipinski definition) is 0. The second-order valence-electron chi connectivity index (χ2n) is 2.30. The van der Waals surface area contributed by atoms with Crippen LogP contribution >= 0.6 is 11.3 Å². The van der Waals surface area contributed by atoms with Gasteiger partial charge in [-0.15, -0.1) is 11.3 Å². The van der Waals surface area contributed by atoms with E-state index in [1.807, 2.05) is 11.7 Å². The van der Waals surface area contributed by atoms with Crippen LogP contribution in [-0.2, 0) is 6.42 Å². The Morgan fingerprint density at radius 1 is 1.50 bits per heavy atom. The molecule has 0 saturated carbocycles. The molecule has 10 heavy (non-hydrogen) atoms. The van der Waals surface area contributed by atoms with Gasteiger partial charge in [-0.25, -0.2) is 9.98 Å². The molecule has 0 saturated heterocycles. The third-order valence-corrected chi connectivity index (χ3v) is 2.45. The van der Waals surface area contributed by atoms with Crippen LogP contribution in [0.25, 0.3) is 0 Å². The predicted molar refractivity (Wildman–Crippen MR) is 43.2 cm³/mol. The molecule has 0 radical (unpaired) electrons. The summed E-state index contributed by atoms with van der Waals surface area (Å²) in [6, 6.07) is 0. The molecule has 0 atom stereocenters. The quantitative estimate of drug-likeness (QED) is 0.559. The van der Waals surface area contributed by atoms with Crippen LogP contribution < -0.4 is 0 Å². The standard InChI is InChI=1S/C7H8N2S/c1-2-4-8-7-6(3-1)10-5-9-7/h4-5H,1-3H2. The van der Waals surface area contributed by atoms with Crippen molar-refractivity contribution in [3.05, 3.63) is 10.4 Å². The Balaban J connectivity index is 2.42. The highest BCUT2D eigenvalue weighted by Gasteiger charge is 2.05. The molecule has 0 N–H and O–H groups in total. The topological polar surface area (TPSA) is 25.2 Å². The van der Waals surface area contributed by atoms with Gasteiger partial charge >= 0.3 is 0 Å². The zero-order chi connectivity index (χ0) is 6.81. The van der Waals surface area contributed by atoms with Gasteiger partial charge in [0.1, 0.15) is 0 Å². The molecule has 2 nitrogen and oxygen atoms in total. The summed E-state index contributed by atoms with van der Waals surface area (Å²) in [7, 11) is 0. The van der Waals surface area contributed by atoms with Gasteiger partial charge in [0, 0.05) is 6.21 Å². The van der Waals surface area contributed by atoms with Gasteiger partial charge < -0.3 is 0 Å². The van der Waals surface area contributed by atoms with Gasteiger partial charge in [0.2, 0.25) is 0 Å². The summed E-state index contributed by atoms with van der Waals surface area (Å²) in [6.45, 7) is 0. The van der Waals surface area contributed by atoms with Crippen LogP contribution in [0.4, 0.5) is 5.82 Å². The zero-order valence-electron chi connectivity index (χ0n) is 5.58. The van der Waals surface area contributed by atoms with E-state index in [9.17, 15) is 0 Å². The molecule has 0 aliphatic carbocycles. The highest BCUT2D eigenvalue weighted by molar-refractivity contribution is 7.10. The van der Waals surface area contributed by atoms with Crippen LogP contribution in [-0.4, -0.2) is 11.2 Å². The largest absolute Gasteiger partial charge is 0.241 e. The van der Waals surface area contributed by atoms with E-state index in [1.54, 1.807) is 11.3 Å². The SMILES string of the molecule is C1=Nc2ncsc2CCC1. The van der Waals surface area contributed by atoms with Crippen LogP contribution in [0.3, 0.4) is 0 Å². The maximum atomic E-state index is 4.22. The second kappa shape index (κ2) is 2.50. The second-order valence-corrected chi connectivity index (χ2v) is 3.24. The Kier molecular flexibility index (Phi) is 1.51. The van der Waals surface area contributed by atoms with E-state index in [4.69, 9.17) is 0 Å². The summed E-state index contributed by atoms with van der Waals surface area (Å²) < 4.78 is 0. The predicted octanol–water partition coefficient (Wildman–Crippen LogP) is 2.18. The minimum absolute atomic E-state index is 0.947. The van der Waals surface area contributed by atoms with Crippen LogP contribution in [0.2, 0.25) is 0 Å². The van der Waals surface area contributed by atoms with Gasteiger partial charge in [0.05, 0.1) is 10.4 Å². The summed E-state index contributed by atoms with van der Waals surface area (Å²) in [6.07, 6.45) is 5.44. The molecule has 1 aliphatic rings. The molecule has 0 bridgehead atoms. The Morgan fingerprint density at radius 2 is 2.50 bits per heavy atom. The number of thiazole rings is 1. The molecule has 1 aromatic heterocycles. The normalized spacial score (nSPS) is 16.4. The first kappa shape index (κ1) is 6.04. The summed E-state index contributed by atoms with van der Waals surface area (Å²) in [5.74, 6) is 0.947. The van der Waals surface area contributed by atoms with Crippen molar-refractivity contribution in [1.29, 1.82) is 0 Å². The van der Waals surface area contributed by atoms with Gasteiger partial charge in [-0.1, -0.05) is 0 Å². The van der Waals surface area contributed by atoms with E-state index in [0.717, 1.165) is 18.7 Å². The van der Waals surface area contributed by atoms with Gasteiger partial charge in [0.15, 0.2) is 5.82 Å². The molecule has 0 unspecified atom stereocenters. The molecule has 0 spiro atoms. The van der Waals surface area contributed by atoms with Crippen molar-refractivity contribution in [2.75, 3.05) is 0 Å². The van der Waals surface area contributed by atoms with Crippen LogP contribution in [0, 0.1) is 0 Å². The molecule has 2 rings (SSSR count). The first-order chi connectivity index (χ1) is 4.97. The molecular formula is C7H8N2S. The fraction of sp³-hybridized carbons (Fsp3) is 0.429. The number of nitrogens with zero attached hydrogens (tertiary/aromatic N) is 2. The zero-order valence-corrected chi connectivity index (χ0v) is 6.40. The average Bonchev–Trinajstić information content (AvgIpc) is 2.28. The van der Waals surface area contributed by atoms with E-state index in [1.165, 1.54) is 11.3 Å². The van der Waals surface area contributed by atoms with Crippen molar-refractivity contribution >= 4 is 23.4 Å². The van der Waals surface area contributed by atoms with Gasteiger partial charge in [-0.2, -0.15) is 0 Å². The van der Waals surface area contributed by atoms with Crippen molar-refractivity contribution < 1.29 is 0 Å². The molecule has 52 valence electrons. The summed E-state index contributed by atoms with van der Waals surface area (Å²) in [4.78, 5) is 9.70. The van der Waals surface area contributed by atoms with E-state index in [0.29, 0.717) is 0 Å². The average molecular weight is 152 g/mol. The maximum Gasteiger partial charge on any atom is 0.165 e. The van der Waals surface area contributed by atoms with Gasteiger partial charge in [0.25, 0.3) is 0 Å². The van der Waals surface area contributed by atoms with Crippen LogP contribution in [0.15, 0.2) is 10.5 Å². The lowest BCUT2D eigenvalue weighted by atomic mass is 10.2. The number of rotatable bonds is 0. The number of aliphatic imine (C=N–C) groups is 1. The van der Waals surface area contributed by atoms with Gasteiger partial charge in [-0.3, -0.25) is 0 Å². The molecular weight excluding hydrogens is 144 g/mol. The highest BCUT2D eigenvalue weighted by atomic mass is 32.1. The molecule has 0 amide bonds. The smallest absolute Gasteiger partial charge is 0.165 e. The number of fused-ring (bicyclic) bond motifs is 1. The van der Waals surface area contributed by atoms with Gasteiger partial charge in [-0.05, 0) is 19.3 Å². The molecule has 0 aromatic carbocycles. The Morgan fingerprint density at radius 3 is 3.50 bits per heavy atom. The van der Waals surface area contributed by atoms with Crippen molar-refractivity contribution in [3.63, 3.8) is 0 Å². The van der Waals surface area contributed by atoms with E-state index < -0.39 is 0 Å². The third kappa shape index (κ3) is 0.968. The number of aryl methyl sites for hydroxylation is 1. The molecule has 3 heteroatoms. The Hall–Kier alpha value is -0.700. The lowest BCUT2D eigenvalue weighted by Gasteiger charge is -1.88. The van der Waals surface area contributed by atoms with Crippen molar-refractivity contribution in [3.8, 4) is 0 Å². The highest BCUT2D eigenvalue weighted by Crippen LogP contribution is 2.24. The minimum Gasteiger partial charge on any atom is -0.241 e. The van der Waals surface area contributed by atoms with E-state index in [2.05, 4.69) is 9.98 Å². The first-order valence-electron chi connectivity index (χ1n) is 3.42. The third-order valence-electron chi connectivity index (χ3n) is 1.57. The van der Waals surface area contributed by atoms with E-state index >= 15 is 0 Å². The Bertz CT molecular complexity index is 252. The fourth-order valence-electron chi connectivity index (χ4n) is 1.05. The van der Waals surface area contributed by atoms with Crippen molar-refractivity contribution in [2.45, 2.75) is 19.3 Å². The molecule has 1 aromatic rings.